The average molecular weight is 287 g/mol. The lowest BCUT2D eigenvalue weighted by Gasteiger charge is -2.09. The number of nitro groups is 1. The Morgan fingerprint density at radius 3 is 2.76 bits per heavy atom. The lowest BCUT2D eigenvalue weighted by molar-refractivity contribution is -0.386. The molecule has 21 heavy (non-hydrogen) atoms. The average Bonchev–Trinajstić information content (AvgIpc) is 2.45. The second-order valence-corrected chi connectivity index (χ2v) is 4.57. The fourth-order valence-corrected chi connectivity index (χ4v) is 1.88. The molecule has 0 saturated carbocycles. The van der Waals surface area contributed by atoms with Crippen LogP contribution in [0.4, 0.5) is 11.5 Å². The third-order valence-electron chi connectivity index (χ3n) is 2.88. The highest BCUT2D eigenvalue weighted by Crippen LogP contribution is 2.33. The number of hydrogen-bond acceptors (Lipinski definition) is 5. The van der Waals surface area contributed by atoms with Crippen molar-refractivity contribution in [3.8, 4) is 11.6 Å². The van der Waals surface area contributed by atoms with E-state index in [9.17, 15) is 10.1 Å². The van der Waals surface area contributed by atoms with Gasteiger partial charge in [-0.3, -0.25) is 10.1 Å². The van der Waals surface area contributed by atoms with Crippen LogP contribution in [0.15, 0.2) is 36.4 Å². The zero-order valence-corrected chi connectivity index (χ0v) is 12.0. The van der Waals surface area contributed by atoms with Crippen LogP contribution in [0.2, 0.25) is 0 Å². The number of nitrogens with one attached hydrogen (secondary N) is 1. The predicted octanol–water partition coefficient (Wildman–Crippen LogP) is 3.91. The van der Waals surface area contributed by atoms with E-state index in [2.05, 4.69) is 17.2 Å². The van der Waals surface area contributed by atoms with Crippen molar-refractivity contribution in [2.75, 3.05) is 11.9 Å². The molecule has 0 amide bonds. The summed E-state index contributed by atoms with van der Waals surface area (Å²) in [6.45, 7) is 4.54. The Labute approximate surface area is 122 Å². The molecule has 110 valence electrons. The van der Waals surface area contributed by atoms with Gasteiger partial charge < -0.3 is 10.1 Å². The van der Waals surface area contributed by atoms with Crippen molar-refractivity contribution in [2.24, 2.45) is 0 Å². The van der Waals surface area contributed by atoms with E-state index in [1.807, 2.05) is 6.07 Å². The summed E-state index contributed by atoms with van der Waals surface area (Å²) in [6, 6.07) is 10.3. The third-order valence-corrected chi connectivity index (χ3v) is 2.88. The minimum atomic E-state index is -0.441. The van der Waals surface area contributed by atoms with Crippen LogP contribution in [-0.2, 0) is 0 Å². The molecular weight excluding hydrogens is 270 g/mol. The predicted molar refractivity (Wildman–Crippen MR) is 80.9 cm³/mol. The molecular formula is C15H17N3O3. The van der Waals surface area contributed by atoms with E-state index in [0.717, 1.165) is 13.0 Å². The van der Waals surface area contributed by atoms with E-state index in [4.69, 9.17) is 4.74 Å². The quantitative estimate of drug-likeness (QED) is 0.643. The highest BCUT2D eigenvalue weighted by molar-refractivity contribution is 5.53. The monoisotopic (exact) mass is 287 g/mol. The standard InChI is InChI=1S/C15H17N3O3/c1-3-10-16-13-8-5-9-14(17-13)21-12-7-4-6-11(2)15(12)18(19)20/h4-9H,3,10H2,1-2H3,(H,16,17). The number of hydrogen-bond donors (Lipinski definition) is 1. The van der Waals surface area contributed by atoms with E-state index in [-0.39, 0.29) is 11.4 Å². The van der Waals surface area contributed by atoms with Crippen LogP contribution in [0.25, 0.3) is 0 Å². The molecule has 0 aliphatic heterocycles. The van der Waals surface area contributed by atoms with Crippen molar-refractivity contribution < 1.29 is 9.66 Å². The normalized spacial score (nSPS) is 10.2. The van der Waals surface area contributed by atoms with Crippen LogP contribution in [0.5, 0.6) is 11.6 Å². The number of aryl methyl sites for hydroxylation is 1. The highest BCUT2D eigenvalue weighted by Gasteiger charge is 2.19. The molecule has 0 bridgehead atoms. The molecule has 2 rings (SSSR count). The Hall–Kier alpha value is -2.63. The molecule has 2 aromatic rings. The lowest BCUT2D eigenvalue weighted by Crippen LogP contribution is -2.02. The molecule has 0 aliphatic rings. The van der Waals surface area contributed by atoms with Crippen molar-refractivity contribution in [1.29, 1.82) is 0 Å². The van der Waals surface area contributed by atoms with Crippen molar-refractivity contribution in [2.45, 2.75) is 20.3 Å². The molecule has 0 aliphatic carbocycles. The second kappa shape index (κ2) is 6.69. The summed E-state index contributed by atoms with van der Waals surface area (Å²) in [5, 5.41) is 14.3. The summed E-state index contributed by atoms with van der Waals surface area (Å²) in [4.78, 5) is 15.0. The first kappa shape index (κ1) is 14.8. The van der Waals surface area contributed by atoms with Crippen LogP contribution >= 0.6 is 0 Å². The first-order valence-corrected chi connectivity index (χ1v) is 6.74. The Morgan fingerprint density at radius 1 is 1.29 bits per heavy atom. The minimum absolute atomic E-state index is 0.0359. The molecule has 0 fully saturated rings. The van der Waals surface area contributed by atoms with Crippen LogP contribution in [0, 0.1) is 17.0 Å². The zero-order chi connectivity index (χ0) is 15.2. The third kappa shape index (κ3) is 3.68. The molecule has 1 aromatic carbocycles. The van der Waals surface area contributed by atoms with Crippen LogP contribution in [-0.4, -0.2) is 16.5 Å². The maximum Gasteiger partial charge on any atom is 0.314 e. The first-order valence-electron chi connectivity index (χ1n) is 6.74. The number of benzene rings is 1. The molecule has 0 saturated heterocycles. The van der Waals surface area contributed by atoms with Gasteiger partial charge in [0.25, 0.3) is 0 Å². The summed E-state index contributed by atoms with van der Waals surface area (Å²) in [5.41, 5.74) is 0.518. The Bertz CT molecular complexity index is 644. The number of aromatic nitrogens is 1. The summed E-state index contributed by atoms with van der Waals surface area (Å²) in [5.74, 6) is 1.20. The van der Waals surface area contributed by atoms with Crippen molar-refractivity contribution >= 4 is 11.5 Å². The summed E-state index contributed by atoms with van der Waals surface area (Å²) >= 11 is 0. The Morgan fingerprint density at radius 2 is 2.05 bits per heavy atom. The summed E-state index contributed by atoms with van der Waals surface area (Å²) in [7, 11) is 0. The summed E-state index contributed by atoms with van der Waals surface area (Å²) in [6.07, 6.45) is 0.982. The smallest absolute Gasteiger partial charge is 0.314 e. The topological polar surface area (TPSA) is 77.3 Å². The van der Waals surface area contributed by atoms with Gasteiger partial charge in [0.15, 0.2) is 0 Å². The zero-order valence-electron chi connectivity index (χ0n) is 12.0. The fourth-order valence-electron chi connectivity index (χ4n) is 1.88. The SMILES string of the molecule is CCCNc1cccc(Oc2cccc(C)c2[N+](=O)[O-])n1. The Balaban J connectivity index is 2.26. The van der Waals surface area contributed by atoms with Crippen LogP contribution < -0.4 is 10.1 Å². The van der Waals surface area contributed by atoms with E-state index >= 15 is 0 Å². The van der Waals surface area contributed by atoms with Gasteiger partial charge >= 0.3 is 5.69 Å². The van der Waals surface area contributed by atoms with E-state index in [1.165, 1.54) is 0 Å². The number of anilines is 1. The van der Waals surface area contributed by atoms with E-state index in [1.54, 1.807) is 37.3 Å². The summed E-state index contributed by atoms with van der Waals surface area (Å²) < 4.78 is 5.58. The number of para-hydroxylation sites is 1. The van der Waals surface area contributed by atoms with Gasteiger partial charge in [0, 0.05) is 18.2 Å². The molecule has 0 unspecified atom stereocenters. The van der Waals surface area contributed by atoms with Gasteiger partial charge in [-0.25, -0.2) is 0 Å². The molecule has 0 radical (unpaired) electrons. The van der Waals surface area contributed by atoms with Gasteiger partial charge in [-0.1, -0.05) is 25.1 Å². The van der Waals surface area contributed by atoms with Crippen LogP contribution in [0.3, 0.4) is 0 Å². The second-order valence-electron chi connectivity index (χ2n) is 4.57. The van der Waals surface area contributed by atoms with Crippen molar-refractivity contribution in [1.82, 2.24) is 4.98 Å². The number of nitrogens with zero attached hydrogens (tertiary/aromatic N) is 2. The number of nitro benzene ring substituents is 1. The van der Waals surface area contributed by atoms with Crippen molar-refractivity contribution in [3.63, 3.8) is 0 Å². The van der Waals surface area contributed by atoms with Crippen molar-refractivity contribution in [3.05, 3.63) is 52.1 Å². The van der Waals surface area contributed by atoms with Gasteiger partial charge in [0.05, 0.1) is 4.92 Å². The van der Waals surface area contributed by atoms with E-state index in [0.29, 0.717) is 17.3 Å². The van der Waals surface area contributed by atoms with Crippen LogP contribution in [0.1, 0.15) is 18.9 Å². The molecule has 1 aromatic heterocycles. The number of ether oxygens (including phenoxy) is 1. The maximum atomic E-state index is 11.1. The molecule has 0 spiro atoms. The largest absolute Gasteiger partial charge is 0.432 e. The molecule has 1 heterocycles. The van der Waals surface area contributed by atoms with Gasteiger partial charge in [-0.2, -0.15) is 4.98 Å². The minimum Gasteiger partial charge on any atom is -0.432 e. The first-order chi connectivity index (χ1) is 10.1. The van der Waals surface area contributed by atoms with Gasteiger partial charge in [0.1, 0.15) is 5.82 Å². The fraction of sp³-hybridized carbons (Fsp3) is 0.267. The maximum absolute atomic E-state index is 11.1. The van der Waals surface area contributed by atoms with Gasteiger partial charge in [-0.15, -0.1) is 0 Å². The molecule has 0 atom stereocenters. The molecule has 6 nitrogen and oxygen atoms in total. The van der Waals surface area contributed by atoms with E-state index < -0.39 is 4.92 Å². The highest BCUT2D eigenvalue weighted by atomic mass is 16.6. The number of rotatable bonds is 6. The van der Waals surface area contributed by atoms with Gasteiger partial charge in [-0.05, 0) is 25.5 Å². The number of pyridine rings is 1. The lowest BCUT2D eigenvalue weighted by atomic mass is 10.2. The molecule has 6 heteroatoms. The Kier molecular flexibility index (Phi) is 4.71. The van der Waals surface area contributed by atoms with Gasteiger partial charge in [0.2, 0.25) is 11.6 Å². The molecule has 1 N–H and O–H groups in total.